The number of imidazole rings is 1. The summed E-state index contributed by atoms with van der Waals surface area (Å²) >= 11 is 0. The molecule has 1 rings (SSSR count). The molecule has 1 aromatic rings. The second-order valence-corrected chi connectivity index (χ2v) is 2.51. The third kappa shape index (κ3) is 1.40. The van der Waals surface area contributed by atoms with Gasteiger partial charge in [-0.3, -0.25) is 0 Å². The zero-order chi connectivity index (χ0) is 8.27. The van der Waals surface area contributed by atoms with Gasteiger partial charge < -0.3 is 4.57 Å². The largest absolute Gasteiger partial charge is 0.325 e. The molecule has 0 aliphatic heterocycles. The highest BCUT2D eigenvalue weighted by Gasteiger charge is 2.05. The van der Waals surface area contributed by atoms with Crippen molar-refractivity contribution in [2.45, 2.75) is 19.8 Å². The summed E-state index contributed by atoms with van der Waals surface area (Å²) < 4.78 is 1.75. The number of aromatic nitrogens is 2. The average molecular weight is 149 g/mol. The van der Waals surface area contributed by atoms with Crippen LogP contribution >= 0.6 is 0 Å². The molecule has 3 nitrogen and oxygen atoms in total. The second kappa shape index (κ2) is 3.20. The zero-order valence-corrected chi connectivity index (χ0v) is 6.83. The molecule has 0 N–H and O–H groups in total. The molecule has 3 heteroatoms. The Labute approximate surface area is 66.3 Å². The van der Waals surface area contributed by atoms with Gasteiger partial charge >= 0.3 is 0 Å². The first kappa shape index (κ1) is 7.80. The van der Waals surface area contributed by atoms with Gasteiger partial charge in [0.25, 0.3) is 0 Å². The number of hydrogen-bond acceptors (Lipinski definition) is 2. The zero-order valence-electron chi connectivity index (χ0n) is 6.83. The molecule has 0 saturated heterocycles. The second-order valence-electron chi connectivity index (χ2n) is 2.51. The SMILES string of the molecule is CCCc1ncn(C)c1C#N. The summed E-state index contributed by atoms with van der Waals surface area (Å²) in [4.78, 5) is 4.12. The van der Waals surface area contributed by atoms with E-state index >= 15 is 0 Å². The highest BCUT2D eigenvalue weighted by molar-refractivity contribution is 5.26. The number of rotatable bonds is 2. The van der Waals surface area contributed by atoms with Crippen LogP contribution < -0.4 is 0 Å². The molecule has 0 aromatic carbocycles. The lowest BCUT2D eigenvalue weighted by Crippen LogP contribution is -1.93. The predicted octanol–water partition coefficient (Wildman–Crippen LogP) is 1.24. The Morgan fingerprint density at radius 1 is 1.73 bits per heavy atom. The van der Waals surface area contributed by atoms with E-state index in [-0.39, 0.29) is 0 Å². The summed E-state index contributed by atoms with van der Waals surface area (Å²) in [5.74, 6) is 0. The summed E-state index contributed by atoms with van der Waals surface area (Å²) in [5, 5.41) is 8.70. The van der Waals surface area contributed by atoms with Crippen LogP contribution in [0.15, 0.2) is 6.33 Å². The molecule has 0 radical (unpaired) electrons. The average Bonchev–Trinajstić information content (AvgIpc) is 2.33. The normalized spacial score (nSPS) is 9.55. The lowest BCUT2D eigenvalue weighted by molar-refractivity contribution is 0.871. The van der Waals surface area contributed by atoms with Crippen molar-refractivity contribution >= 4 is 0 Å². The van der Waals surface area contributed by atoms with Crippen LogP contribution in [0.5, 0.6) is 0 Å². The third-order valence-corrected chi connectivity index (χ3v) is 1.61. The third-order valence-electron chi connectivity index (χ3n) is 1.61. The fraction of sp³-hybridized carbons (Fsp3) is 0.500. The standard InChI is InChI=1S/C8H11N3/c1-3-4-7-8(5-9)11(2)6-10-7/h6H,3-4H2,1-2H3. The maximum Gasteiger partial charge on any atom is 0.142 e. The molecule has 0 amide bonds. The Morgan fingerprint density at radius 2 is 2.45 bits per heavy atom. The summed E-state index contributed by atoms with van der Waals surface area (Å²) in [6.45, 7) is 2.08. The molecule has 0 aliphatic carbocycles. The van der Waals surface area contributed by atoms with Crippen molar-refractivity contribution in [3.8, 4) is 6.07 Å². The van der Waals surface area contributed by atoms with E-state index in [9.17, 15) is 0 Å². The Morgan fingerprint density at radius 3 is 3.00 bits per heavy atom. The Bertz CT molecular complexity index is 280. The van der Waals surface area contributed by atoms with Gasteiger partial charge in [-0.2, -0.15) is 5.26 Å². The van der Waals surface area contributed by atoms with Gasteiger partial charge in [0, 0.05) is 7.05 Å². The van der Waals surface area contributed by atoms with Gasteiger partial charge in [-0.15, -0.1) is 0 Å². The van der Waals surface area contributed by atoms with Crippen LogP contribution in [0.1, 0.15) is 24.7 Å². The first-order chi connectivity index (χ1) is 5.29. The van der Waals surface area contributed by atoms with Crippen LogP contribution in [0, 0.1) is 11.3 Å². The Hall–Kier alpha value is -1.30. The molecule has 0 unspecified atom stereocenters. The molecule has 1 aromatic heterocycles. The van der Waals surface area contributed by atoms with Crippen molar-refractivity contribution < 1.29 is 0 Å². The van der Waals surface area contributed by atoms with Crippen LogP contribution in [-0.2, 0) is 13.5 Å². The Balaban J connectivity index is 2.98. The predicted molar refractivity (Wildman–Crippen MR) is 41.9 cm³/mol. The molecule has 0 saturated carbocycles. The maximum atomic E-state index is 8.70. The fourth-order valence-corrected chi connectivity index (χ4v) is 1.04. The fourth-order valence-electron chi connectivity index (χ4n) is 1.04. The van der Waals surface area contributed by atoms with Gasteiger partial charge in [-0.25, -0.2) is 4.98 Å². The number of nitrogens with zero attached hydrogens (tertiary/aromatic N) is 3. The number of nitriles is 1. The minimum atomic E-state index is 0.687. The number of hydrogen-bond donors (Lipinski definition) is 0. The summed E-state index contributed by atoms with van der Waals surface area (Å²) in [6, 6.07) is 2.13. The first-order valence-corrected chi connectivity index (χ1v) is 3.70. The van der Waals surface area contributed by atoms with E-state index in [2.05, 4.69) is 18.0 Å². The minimum absolute atomic E-state index is 0.687. The van der Waals surface area contributed by atoms with E-state index in [1.807, 2.05) is 7.05 Å². The highest BCUT2D eigenvalue weighted by atomic mass is 15.0. The van der Waals surface area contributed by atoms with Gasteiger partial charge in [0.2, 0.25) is 0 Å². The van der Waals surface area contributed by atoms with Crippen molar-refractivity contribution in [3.63, 3.8) is 0 Å². The van der Waals surface area contributed by atoms with Crippen LogP contribution in [0.3, 0.4) is 0 Å². The maximum absolute atomic E-state index is 8.70. The molecule has 0 atom stereocenters. The molecule has 0 aliphatic rings. The number of aryl methyl sites for hydroxylation is 2. The highest BCUT2D eigenvalue weighted by Crippen LogP contribution is 2.06. The van der Waals surface area contributed by atoms with Crippen molar-refractivity contribution in [2.75, 3.05) is 0 Å². The quantitative estimate of drug-likeness (QED) is 0.635. The van der Waals surface area contributed by atoms with Gasteiger partial charge in [-0.05, 0) is 6.42 Å². The topological polar surface area (TPSA) is 41.6 Å². The molecular formula is C8H11N3. The van der Waals surface area contributed by atoms with E-state index < -0.39 is 0 Å². The monoisotopic (exact) mass is 149 g/mol. The molecule has 0 fully saturated rings. The van der Waals surface area contributed by atoms with Crippen molar-refractivity contribution in [2.24, 2.45) is 7.05 Å². The van der Waals surface area contributed by atoms with Crippen LogP contribution in [-0.4, -0.2) is 9.55 Å². The van der Waals surface area contributed by atoms with Gasteiger partial charge in [0.1, 0.15) is 11.8 Å². The lowest BCUT2D eigenvalue weighted by atomic mass is 10.2. The van der Waals surface area contributed by atoms with E-state index in [1.165, 1.54) is 0 Å². The van der Waals surface area contributed by atoms with E-state index in [1.54, 1.807) is 10.9 Å². The van der Waals surface area contributed by atoms with Crippen LogP contribution in [0.4, 0.5) is 0 Å². The molecule has 58 valence electrons. The van der Waals surface area contributed by atoms with Gasteiger partial charge in [-0.1, -0.05) is 13.3 Å². The van der Waals surface area contributed by atoms with Crippen molar-refractivity contribution in [1.82, 2.24) is 9.55 Å². The molecule has 11 heavy (non-hydrogen) atoms. The van der Waals surface area contributed by atoms with Gasteiger partial charge in [0.05, 0.1) is 12.0 Å². The van der Waals surface area contributed by atoms with Crippen molar-refractivity contribution in [3.05, 3.63) is 17.7 Å². The van der Waals surface area contributed by atoms with E-state index in [0.29, 0.717) is 5.69 Å². The molecule has 0 bridgehead atoms. The van der Waals surface area contributed by atoms with E-state index in [0.717, 1.165) is 18.5 Å². The van der Waals surface area contributed by atoms with Crippen molar-refractivity contribution in [1.29, 1.82) is 5.26 Å². The molecule has 0 spiro atoms. The van der Waals surface area contributed by atoms with Gasteiger partial charge in [0.15, 0.2) is 0 Å². The minimum Gasteiger partial charge on any atom is -0.325 e. The Kier molecular flexibility index (Phi) is 2.27. The van der Waals surface area contributed by atoms with Crippen LogP contribution in [0.25, 0.3) is 0 Å². The first-order valence-electron chi connectivity index (χ1n) is 3.70. The summed E-state index contributed by atoms with van der Waals surface area (Å²) in [5.41, 5.74) is 1.60. The molecular weight excluding hydrogens is 138 g/mol. The summed E-state index contributed by atoms with van der Waals surface area (Å²) in [6.07, 6.45) is 3.61. The van der Waals surface area contributed by atoms with Crippen LogP contribution in [0.2, 0.25) is 0 Å². The summed E-state index contributed by atoms with van der Waals surface area (Å²) in [7, 11) is 1.84. The molecule has 1 heterocycles. The lowest BCUT2D eigenvalue weighted by Gasteiger charge is -1.93. The smallest absolute Gasteiger partial charge is 0.142 e. The van der Waals surface area contributed by atoms with E-state index in [4.69, 9.17) is 5.26 Å².